The molecule has 1 aliphatic rings. The Hall–Kier alpha value is -0.160. The third kappa shape index (κ3) is 6.14. The maximum Gasteiger partial charge on any atom is 0.0897 e. The van der Waals surface area contributed by atoms with E-state index >= 15 is 0 Å². The molecule has 0 heterocycles. The molecule has 4 unspecified atom stereocenters. The van der Waals surface area contributed by atoms with Gasteiger partial charge in [0.05, 0.1) is 25.4 Å². The average molecular weight is 259 g/mol. The Bertz CT molecular complexity index is 213. The Morgan fingerprint density at radius 1 is 1.28 bits per heavy atom. The van der Waals surface area contributed by atoms with Crippen LogP contribution in [0.2, 0.25) is 0 Å². The van der Waals surface area contributed by atoms with Crippen molar-refractivity contribution in [3.05, 3.63) is 0 Å². The average Bonchev–Trinajstić information content (AvgIpc) is 2.36. The number of nitrogens with one attached hydrogen (secondary N) is 1. The van der Waals surface area contributed by atoms with Gasteiger partial charge < -0.3 is 19.9 Å². The summed E-state index contributed by atoms with van der Waals surface area (Å²) in [7, 11) is 1.68. The number of methoxy groups -OCH3 is 1. The molecule has 0 aromatic heterocycles. The highest BCUT2D eigenvalue weighted by Crippen LogP contribution is 2.26. The van der Waals surface area contributed by atoms with E-state index in [1.165, 1.54) is 19.3 Å². The minimum Gasteiger partial charge on any atom is -0.389 e. The molecule has 0 radical (unpaired) electrons. The molecule has 1 aliphatic carbocycles. The van der Waals surface area contributed by atoms with Gasteiger partial charge in [-0.1, -0.05) is 19.8 Å². The van der Waals surface area contributed by atoms with Gasteiger partial charge in [-0.3, -0.25) is 0 Å². The second kappa shape index (κ2) is 8.86. The van der Waals surface area contributed by atoms with E-state index in [4.69, 9.17) is 9.47 Å². The lowest BCUT2D eigenvalue weighted by Crippen LogP contribution is -2.39. The molecule has 0 aromatic carbocycles. The molecule has 0 bridgehead atoms. The van der Waals surface area contributed by atoms with Crippen molar-refractivity contribution in [2.75, 3.05) is 26.9 Å². The van der Waals surface area contributed by atoms with Crippen LogP contribution in [-0.4, -0.2) is 50.2 Å². The maximum absolute atomic E-state index is 9.85. The molecule has 4 nitrogen and oxygen atoms in total. The van der Waals surface area contributed by atoms with E-state index in [1.54, 1.807) is 7.11 Å². The zero-order valence-electron chi connectivity index (χ0n) is 12.0. The zero-order valence-corrected chi connectivity index (χ0v) is 12.0. The van der Waals surface area contributed by atoms with Crippen LogP contribution < -0.4 is 5.32 Å². The molecule has 1 rings (SSSR count). The molecule has 4 heteroatoms. The monoisotopic (exact) mass is 259 g/mol. The van der Waals surface area contributed by atoms with Crippen LogP contribution in [0.15, 0.2) is 0 Å². The maximum atomic E-state index is 9.85. The van der Waals surface area contributed by atoms with Gasteiger partial charge in [0.1, 0.15) is 0 Å². The lowest BCUT2D eigenvalue weighted by atomic mass is 9.88. The first kappa shape index (κ1) is 15.9. The molecule has 1 fully saturated rings. The van der Waals surface area contributed by atoms with E-state index in [0.29, 0.717) is 31.8 Å². The van der Waals surface area contributed by atoms with Gasteiger partial charge >= 0.3 is 0 Å². The van der Waals surface area contributed by atoms with Gasteiger partial charge in [-0.05, 0) is 25.7 Å². The summed E-state index contributed by atoms with van der Waals surface area (Å²) >= 11 is 0. The summed E-state index contributed by atoms with van der Waals surface area (Å²) in [6.07, 6.45) is 4.88. The quantitative estimate of drug-likeness (QED) is 0.695. The van der Waals surface area contributed by atoms with E-state index < -0.39 is 6.10 Å². The van der Waals surface area contributed by atoms with Crippen LogP contribution in [0.1, 0.15) is 39.5 Å². The Balaban J connectivity index is 2.10. The van der Waals surface area contributed by atoms with Gasteiger partial charge in [0, 0.05) is 19.7 Å². The van der Waals surface area contributed by atoms with E-state index in [1.807, 2.05) is 6.92 Å². The molecular weight excluding hydrogens is 230 g/mol. The van der Waals surface area contributed by atoms with Crippen molar-refractivity contribution < 1.29 is 14.6 Å². The fraction of sp³-hybridized carbons (Fsp3) is 1.00. The topological polar surface area (TPSA) is 50.7 Å². The molecule has 4 atom stereocenters. The largest absolute Gasteiger partial charge is 0.389 e. The standard InChI is InChI=1S/C14H29NO3/c1-11-6-4-5-7-14(11)18-10-13(16)8-15-12(2)9-17-3/h11-16H,4-10H2,1-3H3. The normalized spacial score (nSPS) is 28.0. The first-order valence-corrected chi connectivity index (χ1v) is 7.15. The van der Waals surface area contributed by atoms with E-state index in [2.05, 4.69) is 12.2 Å². The number of aliphatic hydroxyl groups is 1. The number of rotatable bonds is 8. The van der Waals surface area contributed by atoms with Gasteiger partial charge in [-0.2, -0.15) is 0 Å². The highest BCUT2D eigenvalue weighted by molar-refractivity contribution is 4.73. The summed E-state index contributed by atoms with van der Waals surface area (Å²) in [6.45, 7) is 5.94. The van der Waals surface area contributed by atoms with Crippen molar-refractivity contribution in [2.24, 2.45) is 5.92 Å². The number of hydrogen-bond acceptors (Lipinski definition) is 4. The Kier molecular flexibility index (Phi) is 7.82. The van der Waals surface area contributed by atoms with Gasteiger partial charge in [-0.15, -0.1) is 0 Å². The van der Waals surface area contributed by atoms with Crippen molar-refractivity contribution in [1.82, 2.24) is 5.32 Å². The molecule has 108 valence electrons. The van der Waals surface area contributed by atoms with Crippen molar-refractivity contribution >= 4 is 0 Å². The molecule has 1 saturated carbocycles. The van der Waals surface area contributed by atoms with Gasteiger partial charge in [0.15, 0.2) is 0 Å². The highest BCUT2D eigenvalue weighted by Gasteiger charge is 2.22. The SMILES string of the molecule is COCC(C)NCC(O)COC1CCCCC1C. The molecule has 18 heavy (non-hydrogen) atoms. The Labute approximate surface area is 111 Å². The summed E-state index contributed by atoms with van der Waals surface area (Å²) in [5, 5.41) is 13.1. The molecule has 0 aromatic rings. The minimum absolute atomic E-state index is 0.262. The highest BCUT2D eigenvalue weighted by atomic mass is 16.5. The second-order valence-corrected chi connectivity index (χ2v) is 5.55. The van der Waals surface area contributed by atoms with Crippen LogP contribution in [0.4, 0.5) is 0 Å². The van der Waals surface area contributed by atoms with E-state index in [-0.39, 0.29) is 6.04 Å². The second-order valence-electron chi connectivity index (χ2n) is 5.55. The van der Waals surface area contributed by atoms with Crippen LogP contribution >= 0.6 is 0 Å². The van der Waals surface area contributed by atoms with E-state index in [9.17, 15) is 5.11 Å². The summed E-state index contributed by atoms with van der Waals surface area (Å²) < 4.78 is 10.9. The molecule has 0 saturated heterocycles. The summed E-state index contributed by atoms with van der Waals surface area (Å²) in [5.41, 5.74) is 0. The predicted octanol–water partition coefficient (Wildman–Crippen LogP) is 1.57. The summed E-state index contributed by atoms with van der Waals surface area (Å²) in [4.78, 5) is 0. The summed E-state index contributed by atoms with van der Waals surface area (Å²) in [5.74, 6) is 0.631. The predicted molar refractivity (Wildman–Crippen MR) is 72.7 cm³/mol. The van der Waals surface area contributed by atoms with Gasteiger partial charge in [0.2, 0.25) is 0 Å². The number of aliphatic hydroxyl groups excluding tert-OH is 1. The van der Waals surface area contributed by atoms with Crippen LogP contribution in [0.5, 0.6) is 0 Å². The third-order valence-electron chi connectivity index (χ3n) is 3.65. The van der Waals surface area contributed by atoms with Crippen molar-refractivity contribution in [3.63, 3.8) is 0 Å². The fourth-order valence-corrected chi connectivity index (χ4v) is 2.47. The molecule has 0 aliphatic heterocycles. The van der Waals surface area contributed by atoms with Crippen LogP contribution in [0.25, 0.3) is 0 Å². The van der Waals surface area contributed by atoms with Gasteiger partial charge in [-0.25, -0.2) is 0 Å². The van der Waals surface area contributed by atoms with Crippen molar-refractivity contribution in [3.8, 4) is 0 Å². The Morgan fingerprint density at radius 2 is 2.00 bits per heavy atom. The van der Waals surface area contributed by atoms with Crippen LogP contribution in [0, 0.1) is 5.92 Å². The van der Waals surface area contributed by atoms with Crippen molar-refractivity contribution in [2.45, 2.75) is 57.8 Å². The smallest absolute Gasteiger partial charge is 0.0897 e. The fourth-order valence-electron chi connectivity index (χ4n) is 2.47. The third-order valence-corrected chi connectivity index (χ3v) is 3.65. The van der Waals surface area contributed by atoms with E-state index in [0.717, 1.165) is 6.42 Å². The lowest BCUT2D eigenvalue weighted by Gasteiger charge is -2.29. The van der Waals surface area contributed by atoms with Gasteiger partial charge in [0.25, 0.3) is 0 Å². The van der Waals surface area contributed by atoms with Crippen LogP contribution in [-0.2, 0) is 9.47 Å². The number of hydrogen-bond donors (Lipinski definition) is 2. The Morgan fingerprint density at radius 3 is 2.67 bits per heavy atom. The molecule has 0 amide bonds. The molecule has 2 N–H and O–H groups in total. The first-order valence-electron chi connectivity index (χ1n) is 7.15. The lowest BCUT2D eigenvalue weighted by molar-refractivity contribution is -0.0458. The molecular formula is C14H29NO3. The zero-order chi connectivity index (χ0) is 13.4. The summed E-state index contributed by atoms with van der Waals surface area (Å²) in [6, 6.07) is 0.262. The number of ether oxygens (including phenoxy) is 2. The first-order chi connectivity index (χ1) is 8.63. The minimum atomic E-state index is -0.432. The van der Waals surface area contributed by atoms with Crippen molar-refractivity contribution in [1.29, 1.82) is 0 Å². The van der Waals surface area contributed by atoms with Crippen LogP contribution in [0.3, 0.4) is 0 Å². The molecule has 0 spiro atoms.